The molecule has 0 aromatic rings. The quantitative estimate of drug-likeness (QED) is 0.549. The van der Waals surface area contributed by atoms with Gasteiger partial charge < -0.3 is 0 Å². The zero-order chi connectivity index (χ0) is 9.84. The first-order valence-electron chi connectivity index (χ1n) is 6.16. The van der Waals surface area contributed by atoms with E-state index >= 15 is 0 Å². The van der Waals surface area contributed by atoms with Crippen molar-refractivity contribution in [2.75, 3.05) is 0 Å². The fraction of sp³-hybridized carbons (Fsp3) is 1.00. The minimum absolute atomic E-state index is 0.919. The van der Waals surface area contributed by atoms with Crippen molar-refractivity contribution in [3.63, 3.8) is 0 Å². The summed E-state index contributed by atoms with van der Waals surface area (Å²) in [5.41, 5.74) is 0. The zero-order valence-electron chi connectivity index (χ0n) is 9.84. The van der Waals surface area contributed by atoms with Gasteiger partial charge in [-0.1, -0.05) is 47.0 Å². The van der Waals surface area contributed by atoms with Gasteiger partial charge >= 0.3 is 0 Å². The molecule has 0 aromatic heterocycles. The van der Waals surface area contributed by atoms with Gasteiger partial charge in [-0.05, 0) is 36.5 Å². The maximum Gasteiger partial charge on any atom is -0.0357 e. The van der Waals surface area contributed by atoms with Crippen LogP contribution < -0.4 is 0 Å². The molecule has 0 nitrogen and oxygen atoms in total. The van der Waals surface area contributed by atoms with E-state index in [9.17, 15) is 0 Å². The second-order valence-electron chi connectivity index (χ2n) is 5.28. The zero-order valence-corrected chi connectivity index (χ0v) is 9.84. The van der Waals surface area contributed by atoms with E-state index < -0.39 is 0 Å². The molecular formula is C13H26. The van der Waals surface area contributed by atoms with E-state index in [4.69, 9.17) is 0 Å². The molecule has 0 aliphatic heterocycles. The third-order valence-electron chi connectivity index (χ3n) is 3.92. The molecule has 0 saturated heterocycles. The molecule has 1 saturated carbocycles. The summed E-state index contributed by atoms with van der Waals surface area (Å²) in [6.45, 7) is 9.52. The van der Waals surface area contributed by atoms with Gasteiger partial charge in [-0.25, -0.2) is 0 Å². The van der Waals surface area contributed by atoms with E-state index in [0.717, 1.165) is 23.7 Å². The van der Waals surface area contributed by atoms with Crippen molar-refractivity contribution in [1.82, 2.24) is 0 Å². The highest BCUT2D eigenvalue weighted by atomic mass is 14.4. The fourth-order valence-corrected chi connectivity index (χ4v) is 2.90. The molecule has 0 N–H and O–H groups in total. The third kappa shape index (κ3) is 2.72. The lowest BCUT2D eigenvalue weighted by atomic mass is 9.60. The SMILES string of the molecule is CCCCCC1C(C)CC1C(C)C. The van der Waals surface area contributed by atoms with Gasteiger partial charge in [0.1, 0.15) is 0 Å². The summed E-state index contributed by atoms with van der Waals surface area (Å²) in [6.07, 6.45) is 7.27. The van der Waals surface area contributed by atoms with E-state index in [1.165, 1.54) is 32.1 Å². The lowest BCUT2D eigenvalue weighted by Gasteiger charge is -2.46. The fourth-order valence-electron chi connectivity index (χ4n) is 2.90. The summed E-state index contributed by atoms with van der Waals surface area (Å²) in [6, 6.07) is 0. The lowest BCUT2D eigenvalue weighted by molar-refractivity contribution is 0.0379. The van der Waals surface area contributed by atoms with Crippen molar-refractivity contribution in [1.29, 1.82) is 0 Å². The van der Waals surface area contributed by atoms with Gasteiger partial charge in [0.2, 0.25) is 0 Å². The van der Waals surface area contributed by atoms with Crippen molar-refractivity contribution in [3.8, 4) is 0 Å². The van der Waals surface area contributed by atoms with Crippen LogP contribution in [0.2, 0.25) is 0 Å². The average Bonchev–Trinajstić information content (AvgIpc) is 2.07. The average molecular weight is 182 g/mol. The molecule has 0 bridgehead atoms. The van der Waals surface area contributed by atoms with Crippen LogP contribution in [0.1, 0.15) is 59.8 Å². The maximum atomic E-state index is 2.44. The number of unbranched alkanes of at least 4 members (excludes halogenated alkanes) is 2. The predicted octanol–water partition coefficient (Wildman–Crippen LogP) is 4.49. The smallest absolute Gasteiger partial charge is 0.0357 e. The molecule has 0 radical (unpaired) electrons. The summed E-state index contributed by atoms with van der Waals surface area (Å²) in [7, 11) is 0. The Bertz CT molecular complexity index is 137. The number of rotatable bonds is 5. The van der Waals surface area contributed by atoms with Crippen LogP contribution >= 0.6 is 0 Å². The minimum atomic E-state index is 0.919. The van der Waals surface area contributed by atoms with Crippen molar-refractivity contribution < 1.29 is 0 Å². The molecule has 3 atom stereocenters. The predicted molar refractivity (Wildman–Crippen MR) is 59.7 cm³/mol. The number of hydrogen-bond acceptors (Lipinski definition) is 0. The normalized spacial score (nSPS) is 33.5. The molecule has 0 heterocycles. The topological polar surface area (TPSA) is 0 Å². The van der Waals surface area contributed by atoms with Crippen LogP contribution in [0, 0.1) is 23.7 Å². The molecule has 78 valence electrons. The Morgan fingerprint density at radius 2 is 1.92 bits per heavy atom. The van der Waals surface area contributed by atoms with Gasteiger partial charge in [-0.3, -0.25) is 0 Å². The molecule has 3 unspecified atom stereocenters. The Morgan fingerprint density at radius 3 is 2.38 bits per heavy atom. The monoisotopic (exact) mass is 182 g/mol. The minimum Gasteiger partial charge on any atom is -0.0654 e. The molecule has 13 heavy (non-hydrogen) atoms. The Hall–Kier alpha value is 0. The Morgan fingerprint density at radius 1 is 1.23 bits per heavy atom. The Labute approximate surface area is 84.1 Å². The first kappa shape index (κ1) is 11.1. The summed E-state index contributed by atoms with van der Waals surface area (Å²) in [4.78, 5) is 0. The molecule has 0 amide bonds. The lowest BCUT2D eigenvalue weighted by Crippen LogP contribution is -2.38. The molecule has 1 aliphatic carbocycles. The van der Waals surface area contributed by atoms with Crippen LogP contribution in [0.4, 0.5) is 0 Å². The van der Waals surface area contributed by atoms with Crippen molar-refractivity contribution >= 4 is 0 Å². The molecule has 0 aromatic carbocycles. The van der Waals surface area contributed by atoms with Gasteiger partial charge in [-0.2, -0.15) is 0 Å². The summed E-state index contributed by atoms with van der Waals surface area (Å²) >= 11 is 0. The molecule has 1 rings (SSSR count). The van der Waals surface area contributed by atoms with Gasteiger partial charge in [0, 0.05) is 0 Å². The van der Waals surface area contributed by atoms with Gasteiger partial charge in [-0.15, -0.1) is 0 Å². The van der Waals surface area contributed by atoms with Crippen LogP contribution in [0.15, 0.2) is 0 Å². The second kappa shape index (κ2) is 5.02. The van der Waals surface area contributed by atoms with E-state index in [0.29, 0.717) is 0 Å². The van der Waals surface area contributed by atoms with Crippen molar-refractivity contribution in [2.45, 2.75) is 59.8 Å². The van der Waals surface area contributed by atoms with Crippen LogP contribution in [-0.2, 0) is 0 Å². The number of hydrogen-bond donors (Lipinski definition) is 0. The van der Waals surface area contributed by atoms with Crippen molar-refractivity contribution in [2.24, 2.45) is 23.7 Å². The summed E-state index contributed by atoms with van der Waals surface area (Å²) < 4.78 is 0. The largest absolute Gasteiger partial charge is 0.0654 e. The van der Waals surface area contributed by atoms with E-state index in [2.05, 4.69) is 27.7 Å². The molecule has 0 heteroatoms. The third-order valence-corrected chi connectivity index (χ3v) is 3.92. The highest BCUT2D eigenvalue weighted by molar-refractivity contribution is 4.87. The molecule has 1 aliphatic rings. The highest BCUT2D eigenvalue weighted by Crippen LogP contribution is 2.46. The molecular weight excluding hydrogens is 156 g/mol. The first-order valence-corrected chi connectivity index (χ1v) is 6.16. The summed E-state index contributed by atoms with van der Waals surface area (Å²) in [5, 5.41) is 0. The van der Waals surface area contributed by atoms with Crippen LogP contribution in [-0.4, -0.2) is 0 Å². The Balaban J connectivity index is 2.22. The standard InChI is InChI=1S/C13H26/c1-5-6-7-8-12-11(4)9-13(12)10(2)3/h10-13H,5-9H2,1-4H3. The highest BCUT2D eigenvalue weighted by Gasteiger charge is 2.38. The van der Waals surface area contributed by atoms with E-state index in [1.807, 2.05) is 0 Å². The van der Waals surface area contributed by atoms with Crippen LogP contribution in [0.5, 0.6) is 0 Å². The maximum absolute atomic E-state index is 2.44. The van der Waals surface area contributed by atoms with E-state index in [-0.39, 0.29) is 0 Å². The van der Waals surface area contributed by atoms with Crippen LogP contribution in [0.25, 0.3) is 0 Å². The molecule has 1 fully saturated rings. The van der Waals surface area contributed by atoms with Crippen molar-refractivity contribution in [3.05, 3.63) is 0 Å². The van der Waals surface area contributed by atoms with Gasteiger partial charge in [0.15, 0.2) is 0 Å². The van der Waals surface area contributed by atoms with Crippen LogP contribution in [0.3, 0.4) is 0 Å². The van der Waals surface area contributed by atoms with Gasteiger partial charge in [0.05, 0.1) is 0 Å². The Kier molecular flexibility index (Phi) is 4.28. The second-order valence-corrected chi connectivity index (χ2v) is 5.28. The van der Waals surface area contributed by atoms with Gasteiger partial charge in [0.25, 0.3) is 0 Å². The molecule has 0 spiro atoms. The van der Waals surface area contributed by atoms with E-state index in [1.54, 1.807) is 0 Å². The first-order chi connectivity index (χ1) is 6.16. The summed E-state index contributed by atoms with van der Waals surface area (Å²) in [5.74, 6) is 4.05.